The van der Waals surface area contributed by atoms with E-state index in [4.69, 9.17) is 10.8 Å². The number of hydrogen-bond acceptors (Lipinski definition) is 2. The van der Waals surface area contributed by atoms with Crippen molar-refractivity contribution in [2.24, 2.45) is 17.6 Å². The lowest BCUT2D eigenvalue weighted by molar-refractivity contribution is -0.138. The average Bonchev–Trinajstić information content (AvgIpc) is 2.28. The Balaban J connectivity index is 2.42. The van der Waals surface area contributed by atoms with Gasteiger partial charge in [-0.2, -0.15) is 0 Å². The molecule has 3 N–H and O–H groups in total. The first-order valence-electron chi connectivity index (χ1n) is 6.07. The second-order valence-corrected chi connectivity index (χ2v) is 4.73. The molecule has 0 fully saturated rings. The maximum Gasteiger partial charge on any atom is 0.303 e. The van der Waals surface area contributed by atoms with Crippen LogP contribution in [0.25, 0.3) is 0 Å². The lowest BCUT2D eigenvalue weighted by atomic mass is 9.89. The van der Waals surface area contributed by atoms with Gasteiger partial charge in [0.1, 0.15) is 0 Å². The first-order chi connectivity index (χ1) is 8.11. The summed E-state index contributed by atoms with van der Waals surface area (Å²) in [6.45, 7) is 2.60. The van der Waals surface area contributed by atoms with Crippen molar-refractivity contribution in [3.8, 4) is 0 Å². The van der Waals surface area contributed by atoms with Crippen molar-refractivity contribution in [1.82, 2.24) is 0 Å². The molecule has 1 rings (SSSR count). The van der Waals surface area contributed by atoms with Gasteiger partial charge in [0.15, 0.2) is 0 Å². The number of rotatable bonds is 7. The highest BCUT2D eigenvalue weighted by molar-refractivity contribution is 5.67. The summed E-state index contributed by atoms with van der Waals surface area (Å²) in [5.74, 6) is -0.205. The zero-order valence-electron chi connectivity index (χ0n) is 10.3. The third-order valence-corrected chi connectivity index (χ3v) is 2.96. The molecule has 0 spiro atoms. The fraction of sp³-hybridized carbons (Fsp3) is 0.500. The van der Waals surface area contributed by atoms with Gasteiger partial charge in [0.2, 0.25) is 0 Å². The summed E-state index contributed by atoms with van der Waals surface area (Å²) in [5.41, 5.74) is 6.90. The first-order valence-corrected chi connectivity index (χ1v) is 6.07. The molecule has 0 saturated heterocycles. The second-order valence-electron chi connectivity index (χ2n) is 4.73. The number of aliphatic carboxylic acids is 1. The van der Waals surface area contributed by atoms with Gasteiger partial charge in [-0.15, -0.1) is 0 Å². The van der Waals surface area contributed by atoms with Crippen LogP contribution in [0.5, 0.6) is 0 Å². The molecular formula is C14H21NO2. The molecule has 0 bridgehead atoms. The van der Waals surface area contributed by atoms with Crippen LogP contribution in [-0.2, 0) is 11.2 Å². The largest absolute Gasteiger partial charge is 0.481 e. The van der Waals surface area contributed by atoms with Crippen LogP contribution in [-0.4, -0.2) is 17.6 Å². The predicted molar refractivity (Wildman–Crippen MR) is 68.7 cm³/mol. The summed E-state index contributed by atoms with van der Waals surface area (Å²) in [5, 5.41) is 8.76. The SMILES string of the molecule is C[C@H](Cc1ccccc1)C[C@H](CN)CC(=O)O. The Morgan fingerprint density at radius 2 is 2.00 bits per heavy atom. The van der Waals surface area contributed by atoms with Crippen LogP contribution in [0, 0.1) is 11.8 Å². The van der Waals surface area contributed by atoms with Gasteiger partial charge in [-0.25, -0.2) is 0 Å². The van der Waals surface area contributed by atoms with E-state index in [0.29, 0.717) is 12.5 Å². The van der Waals surface area contributed by atoms with E-state index in [9.17, 15) is 4.79 Å². The van der Waals surface area contributed by atoms with Gasteiger partial charge in [0.25, 0.3) is 0 Å². The van der Waals surface area contributed by atoms with Crippen molar-refractivity contribution >= 4 is 5.97 Å². The van der Waals surface area contributed by atoms with Gasteiger partial charge in [-0.1, -0.05) is 37.3 Å². The Hall–Kier alpha value is -1.35. The van der Waals surface area contributed by atoms with E-state index in [1.165, 1.54) is 5.56 Å². The molecule has 1 aromatic carbocycles. The topological polar surface area (TPSA) is 63.3 Å². The smallest absolute Gasteiger partial charge is 0.303 e. The minimum atomic E-state index is -0.757. The molecule has 0 saturated carbocycles. The summed E-state index contributed by atoms with van der Waals surface area (Å²) in [4.78, 5) is 10.7. The fourth-order valence-electron chi connectivity index (χ4n) is 2.18. The van der Waals surface area contributed by atoms with Crippen molar-refractivity contribution in [2.45, 2.75) is 26.2 Å². The summed E-state index contributed by atoms with van der Waals surface area (Å²) in [7, 11) is 0. The molecule has 17 heavy (non-hydrogen) atoms. The molecule has 0 amide bonds. The molecule has 2 atom stereocenters. The molecule has 0 unspecified atom stereocenters. The van der Waals surface area contributed by atoms with Gasteiger partial charge >= 0.3 is 5.97 Å². The molecule has 0 aliphatic rings. The lowest BCUT2D eigenvalue weighted by Crippen LogP contribution is -2.21. The Labute approximate surface area is 103 Å². The van der Waals surface area contributed by atoms with Crippen molar-refractivity contribution in [1.29, 1.82) is 0 Å². The molecular weight excluding hydrogens is 214 g/mol. The number of hydrogen-bond donors (Lipinski definition) is 2. The highest BCUT2D eigenvalue weighted by Gasteiger charge is 2.15. The van der Waals surface area contributed by atoms with Crippen LogP contribution in [0.15, 0.2) is 30.3 Å². The Bertz CT molecular complexity index is 337. The monoisotopic (exact) mass is 235 g/mol. The van der Waals surface area contributed by atoms with Crippen molar-refractivity contribution in [2.75, 3.05) is 6.54 Å². The van der Waals surface area contributed by atoms with Crippen molar-refractivity contribution < 1.29 is 9.90 Å². The van der Waals surface area contributed by atoms with Gasteiger partial charge < -0.3 is 10.8 Å². The van der Waals surface area contributed by atoms with Gasteiger partial charge in [0, 0.05) is 6.42 Å². The first kappa shape index (κ1) is 13.7. The van der Waals surface area contributed by atoms with Crippen molar-refractivity contribution in [3.63, 3.8) is 0 Å². The third-order valence-electron chi connectivity index (χ3n) is 2.96. The van der Waals surface area contributed by atoms with Gasteiger partial charge in [0.05, 0.1) is 0 Å². The van der Waals surface area contributed by atoms with E-state index < -0.39 is 5.97 Å². The van der Waals surface area contributed by atoms with E-state index in [1.54, 1.807) is 0 Å². The van der Waals surface area contributed by atoms with Crippen LogP contribution in [0.2, 0.25) is 0 Å². The molecule has 3 nitrogen and oxygen atoms in total. The van der Waals surface area contributed by atoms with Gasteiger partial charge in [-0.3, -0.25) is 4.79 Å². The Morgan fingerprint density at radius 3 is 2.53 bits per heavy atom. The van der Waals surface area contributed by atoms with E-state index in [0.717, 1.165) is 12.8 Å². The lowest BCUT2D eigenvalue weighted by Gasteiger charge is -2.18. The van der Waals surface area contributed by atoms with E-state index in [-0.39, 0.29) is 12.3 Å². The zero-order valence-corrected chi connectivity index (χ0v) is 10.3. The molecule has 0 aliphatic carbocycles. The summed E-state index contributed by atoms with van der Waals surface area (Å²) in [6, 6.07) is 10.3. The van der Waals surface area contributed by atoms with Crippen LogP contribution in [0.4, 0.5) is 0 Å². The third kappa shape index (κ3) is 5.50. The maximum atomic E-state index is 10.7. The van der Waals surface area contributed by atoms with Crippen LogP contribution >= 0.6 is 0 Å². The van der Waals surface area contributed by atoms with Crippen molar-refractivity contribution in [3.05, 3.63) is 35.9 Å². The molecule has 94 valence electrons. The van der Waals surface area contributed by atoms with Crippen LogP contribution in [0.1, 0.15) is 25.3 Å². The molecule has 0 aliphatic heterocycles. The Morgan fingerprint density at radius 1 is 1.35 bits per heavy atom. The molecule has 0 heterocycles. The second kappa shape index (κ2) is 7.07. The summed E-state index contributed by atoms with van der Waals surface area (Å²) < 4.78 is 0. The summed E-state index contributed by atoms with van der Waals surface area (Å²) in [6.07, 6.45) is 2.03. The predicted octanol–water partition coefficient (Wildman–Crippen LogP) is 2.30. The van der Waals surface area contributed by atoms with E-state index in [1.807, 2.05) is 18.2 Å². The van der Waals surface area contributed by atoms with E-state index >= 15 is 0 Å². The fourth-order valence-corrected chi connectivity index (χ4v) is 2.18. The minimum absolute atomic E-state index is 0.0891. The number of carboxylic acid groups (broad SMARTS) is 1. The maximum absolute atomic E-state index is 10.7. The summed E-state index contributed by atoms with van der Waals surface area (Å²) >= 11 is 0. The molecule has 3 heteroatoms. The molecule has 0 radical (unpaired) electrons. The zero-order chi connectivity index (χ0) is 12.7. The Kier molecular flexibility index (Phi) is 5.70. The number of benzene rings is 1. The van der Waals surface area contributed by atoms with Crippen LogP contribution in [0.3, 0.4) is 0 Å². The molecule has 0 aromatic heterocycles. The average molecular weight is 235 g/mol. The molecule has 1 aromatic rings. The standard InChI is InChI=1S/C14H21NO2/c1-11(7-12-5-3-2-4-6-12)8-13(10-15)9-14(16)17/h2-6,11,13H,7-10,15H2,1H3,(H,16,17)/t11-,13+/m1/s1. The number of carbonyl (C=O) groups is 1. The van der Waals surface area contributed by atoms with Crippen LogP contribution < -0.4 is 5.73 Å². The number of carboxylic acids is 1. The van der Waals surface area contributed by atoms with E-state index in [2.05, 4.69) is 19.1 Å². The highest BCUT2D eigenvalue weighted by atomic mass is 16.4. The highest BCUT2D eigenvalue weighted by Crippen LogP contribution is 2.18. The minimum Gasteiger partial charge on any atom is -0.481 e. The number of nitrogens with two attached hydrogens (primary N) is 1. The quantitative estimate of drug-likeness (QED) is 0.762. The van der Waals surface area contributed by atoms with Gasteiger partial charge in [-0.05, 0) is 36.8 Å². The normalized spacial score (nSPS) is 14.2.